The molecule has 4 nitrogen and oxygen atoms in total. The molecule has 0 saturated carbocycles. The molecule has 0 unspecified atom stereocenters. The molecule has 2 aromatic rings. The van der Waals surface area contributed by atoms with Crippen molar-refractivity contribution in [3.63, 3.8) is 0 Å². The van der Waals surface area contributed by atoms with Crippen molar-refractivity contribution in [1.29, 1.82) is 5.26 Å². The number of rotatable bonds is 3. The number of hydrogen-bond donors (Lipinski definition) is 0. The Kier molecular flexibility index (Phi) is 4.39. The Morgan fingerprint density at radius 3 is 2.76 bits per heavy atom. The lowest BCUT2D eigenvalue weighted by Gasteiger charge is -2.15. The zero-order valence-electron chi connectivity index (χ0n) is 11.6. The molecule has 0 aliphatic carbocycles. The molecule has 0 aliphatic rings. The fourth-order valence-corrected chi connectivity index (χ4v) is 2.21. The molecule has 2 rings (SSSR count). The molecular weight excluding hydrogens is 293 g/mol. The molecule has 1 aromatic carbocycles. The third kappa shape index (κ3) is 3.29. The van der Waals surface area contributed by atoms with Gasteiger partial charge in [0.1, 0.15) is 22.9 Å². The van der Waals surface area contributed by atoms with E-state index in [4.69, 9.17) is 16.9 Å². The van der Waals surface area contributed by atoms with Crippen molar-refractivity contribution in [2.24, 2.45) is 0 Å². The van der Waals surface area contributed by atoms with Crippen LogP contribution in [-0.4, -0.2) is 9.55 Å². The molecule has 0 bridgehead atoms. The van der Waals surface area contributed by atoms with E-state index in [9.17, 15) is 9.18 Å². The fraction of sp³-hybridized carbons (Fsp3) is 0.267. The van der Waals surface area contributed by atoms with Crippen LogP contribution in [0, 0.1) is 17.1 Å². The number of halogens is 2. The Balaban J connectivity index is 2.49. The maximum atomic E-state index is 13.3. The molecule has 0 amide bonds. The van der Waals surface area contributed by atoms with Crippen LogP contribution in [0.25, 0.3) is 0 Å². The second-order valence-corrected chi connectivity index (χ2v) is 5.33. The quantitative estimate of drug-likeness (QED) is 0.819. The largest absolute Gasteiger partial charge is 0.292 e. The average molecular weight is 306 g/mol. The number of benzene rings is 1. The highest BCUT2D eigenvalue weighted by atomic mass is 35.5. The van der Waals surface area contributed by atoms with E-state index in [0.717, 1.165) is 0 Å². The molecule has 6 heteroatoms. The maximum Gasteiger partial charge on any atom is 0.255 e. The van der Waals surface area contributed by atoms with Crippen molar-refractivity contribution in [2.75, 3.05) is 0 Å². The molecule has 0 N–H and O–H groups in total. The smallest absolute Gasteiger partial charge is 0.255 e. The summed E-state index contributed by atoms with van der Waals surface area (Å²) in [5, 5.41) is 9.00. The molecule has 0 radical (unpaired) electrons. The van der Waals surface area contributed by atoms with E-state index in [0.29, 0.717) is 11.4 Å². The normalized spacial score (nSPS) is 10.7. The van der Waals surface area contributed by atoms with Gasteiger partial charge in [-0.3, -0.25) is 9.36 Å². The molecule has 21 heavy (non-hydrogen) atoms. The highest BCUT2D eigenvalue weighted by molar-refractivity contribution is 6.29. The molecule has 0 aliphatic heterocycles. The van der Waals surface area contributed by atoms with E-state index in [-0.39, 0.29) is 28.7 Å². The van der Waals surface area contributed by atoms with E-state index in [1.54, 1.807) is 12.1 Å². The molecule has 0 fully saturated rings. The zero-order valence-corrected chi connectivity index (χ0v) is 12.4. The summed E-state index contributed by atoms with van der Waals surface area (Å²) in [6, 6.07) is 7.22. The monoisotopic (exact) mass is 305 g/mol. The van der Waals surface area contributed by atoms with Crippen LogP contribution in [0.2, 0.25) is 5.15 Å². The van der Waals surface area contributed by atoms with Crippen LogP contribution in [-0.2, 0) is 6.54 Å². The summed E-state index contributed by atoms with van der Waals surface area (Å²) in [5.74, 6) is -0.0190. The first-order chi connectivity index (χ1) is 9.92. The number of nitriles is 1. The van der Waals surface area contributed by atoms with Crippen molar-refractivity contribution >= 4 is 11.6 Å². The molecule has 1 aromatic heterocycles. The number of aromatic nitrogens is 2. The van der Waals surface area contributed by atoms with Gasteiger partial charge in [-0.2, -0.15) is 5.26 Å². The van der Waals surface area contributed by atoms with E-state index < -0.39 is 5.82 Å². The van der Waals surface area contributed by atoms with Gasteiger partial charge in [0.05, 0.1) is 12.1 Å². The fourth-order valence-electron chi connectivity index (χ4n) is 2.03. The van der Waals surface area contributed by atoms with Gasteiger partial charge in [-0.15, -0.1) is 0 Å². The third-order valence-corrected chi connectivity index (χ3v) is 3.21. The topological polar surface area (TPSA) is 58.7 Å². The molecule has 108 valence electrons. The van der Waals surface area contributed by atoms with Gasteiger partial charge >= 0.3 is 0 Å². The first-order valence-electron chi connectivity index (χ1n) is 6.38. The van der Waals surface area contributed by atoms with Crippen LogP contribution >= 0.6 is 11.6 Å². The highest BCUT2D eigenvalue weighted by Crippen LogP contribution is 2.16. The summed E-state index contributed by atoms with van der Waals surface area (Å²) in [7, 11) is 0. The SMILES string of the molecule is CC(C)c1nc(Cl)cc(=O)n1Cc1ccc(F)c(C#N)c1. The molecule has 0 saturated heterocycles. The lowest BCUT2D eigenvalue weighted by molar-refractivity contribution is 0.613. The lowest BCUT2D eigenvalue weighted by Crippen LogP contribution is -2.25. The maximum absolute atomic E-state index is 13.3. The Labute approximate surface area is 126 Å². The van der Waals surface area contributed by atoms with Crippen molar-refractivity contribution in [3.05, 3.63) is 62.5 Å². The first kappa shape index (κ1) is 15.2. The van der Waals surface area contributed by atoms with Crippen LogP contribution in [0.3, 0.4) is 0 Å². The van der Waals surface area contributed by atoms with Crippen molar-refractivity contribution < 1.29 is 4.39 Å². The molecule has 0 spiro atoms. The summed E-state index contributed by atoms with van der Waals surface area (Å²) >= 11 is 5.82. The van der Waals surface area contributed by atoms with Crippen LogP contribution in [0.15, 0.2) is 29.1 Å². The Hall–Kier alpha value is -2.19. The van der Waals surface area contributed by atoms with Gasteiger partial charge in [-0.25, -0.2) is 9.37 Å². The van der Waals surface area contributed by atoms with Crippen molar-refractivity contribution in [3.8, 4) is 6.07 Å². The van der Waals surface area contributed by atoms with Crippen LogP contribution in [0.4, 0.5) is 4.39 Å². The number of hydrogen-bond acceptors (Lipinski definition) is 3. The van der Waals surface area contributed by atoms with Gasteiger partial charge in [0.25, 0.3) is 5.56 Å². The third-order valence-electron chi connectivity index (χ3n) is 3.01. The van der Waals surface area contributed by atoms with E-state index >= 15 is 0 Å². The van der Waals surface area contributed by atoms with Gasteiger partial charge in [0.15, 0.2) is 0 Å². The van der Waals surface area contributed by atoms with Crippen molar-refractivity contribution in [1.82, 2.24) is 9.55 Å². The molecule has 0 atom stereocenters. The van der Waals surface area contributed by atoms with E-state index in [1.165, 1.54) is 22.8 Å². The second kappa shape index (κ2) is 6.06. The molecule has 1 heterocycles. The Bertz CT molecular complexity index is 777. The minimum absolute atomic E-state index is 0.00675. The highest BCUT2D eigenvalue weighted by Gasteiger charge is 2.12. The van der Waals surface area contributed by atoms with Gasteiger partial charge in [-0.1, -0.05) is 31.5 Å². The van der Waals surface area contributed by atoms with Crippen LogP contribution in [0.5, 0.6) is 0 Å². The predicted octanol–water partition coefficient (Wildman–Crippen LogP) is 3.08. The summed E-state index contributed by atoms with van der Waals surface area (Å²) in [4.78, 5) is 16.3. The minimum Gasteiger partial charge on any atom is -0.292 e. The van der Waals surface area contributed by atoms with E-state index in [2.05, 4.69) is 4.98 Å². The second-order valence-electron chi connectivity index (χ2n) is 4.94. The van der Waals surface area contributed by atoms with Crippen molar-refractivity contribution in [2.45, 2.75) is 26.3 Å². The van der Waals surface area contributed by atoms with Crippen LogP contribution < -0.4 is 5.56 Å². The number of nitrogens with zero attached hydrogens (tertiary/aromatic N) is 3. The Morgan fingerprint density at radius 2 is 2.14 bits per heavy atom. The van der Waals surface area contributed by atoms with Gasteiger partial charge in [0.2, 0.25) is 0 Å². The summed E-state index contributed by atoms with van der Waals surface area (Å²) in [6.07, 6.45) is 0. The summed E-state index contributed by atoms with van der Waals surface area (Å²) in [6.45, 7) is 4.02. The average Bonchev–Trinajstić information content (AvgIpc) is 2.43. The van der Waals surface area contributed by atoms with Gasteiger partial charge in [-0.05, 0) is 17.7 Å². The zero-order chi connectivity index (χ0) is 15.6. The summed E-state index contributed by atoms with van der Waals surface area (Å²) < 4.78 is 14.8. The molecular formula is C15H13ClFN3O. The van der Waals surface area contributed by atoms with E-state index in [1.807, 2.05) is 13.8 Å². The minimum atomic E-state index is -0.577. The standard InChI is InChI=1S/C15H13ClFN3O/c1-9(2)15-19-13(16)6-14(21)20(15)8-10-3-4-12(17)11(5-10)7-18/h3-6,9H,8H2,1-2H3. The lowest BCUT2D eigenvalue weighted by atomic mass is 10.1. The van der Waals surface area contributed by atoms with Crippen LogP contribution in [0.1, 0.15) is 36.7 Å². The predicted molar refractivity (Wildman–Crippen MR) is 77.8 cm³/mol. The Morgan fingerprint density at radius 1 is 1.43 bits per heavy atom. The van der Waals surface area contributed by atoms with Gasteiger partial charge < -0.3 is 0 Å². The summed E-state index contributed by atoms with van der Waals surface area (Å²) in [5.41, 5.74) is 0.330. The first-order valence-corrected chi connectivity index (χ1v) is 6.76. The van der Waals surface area contributed by atoms with Gasteiger partial charge in [0, 0.05) is 12.0 Å².